The van der Waals surface area contributed by atoms with Crippen molar-refractivity contribution in [1.29, 1.82) is 0 Å². The zero-order valence-electron chi connectivity index (χ0n) is 11.6. The number of hydrogen-bond acceptors (Lipinski definition) is 1. The summed E-state index contributed by atoms with van der Waals surface area (Å²) in [7, 11) is 0. The first-order valence-electron chi connectivity index (χ1n) is 6.19. The molecule has 1 aromatic rings. The van der Waals surface area contributed by atoms with E-state index >= 15 is 0 Å². The Morgan fingerprint density at radius 2 is 1.56 bits per heavy atom. The molecule has 0 aliphatic rings. The van der Waals surface area contributed by atoms with Crippen LogP contribution in [0.15, 0.2) is 29.2 Å². The Bertz CT molecular complexity index is 277. The van der Waals surface area contributed by atoms with Gasteiger partial charge in [-0.3, -0.25) is 0 Å². The van der Waals surface area contributed by atoms with Gasteiger partial charge in [0.05, 0.1) is 0 Å². The Morgan fingerprint density at radius 3 is 1.94 bits per heavy atom. The predicted octanol–water partition coefficient (Wildman–Crippen LogP) is 5.55. The van der Waals surface area contributed by atoms with Crippen molar-refractivity contribution in [2.24, 2.45) is 5.92 Å². The molecule has 1 aromatic carbocycles. The van der Waals surface area contributed by atoms with E-state index in [0.717, 1.165) is 5.92 Å². The van der Waals surface area contributed by atoms with Gasteiger partial charge >= 0.3 is 0 Å². The highest BCUT2D eigenvalue weighted by molar-refractivity contribution is 8.00. The van der Waals surface area contributed by atoms with Gasteiger partial charge in [0, 0.05) is 10.1 Å². The van der Waals surface area contributed by atoms with Crippen LogP contribution in [0.3, 0.4) is 0 Å². The molecule has 0 nitrogen and oxygen atoms in total. The van der Waals surface area contributed by atoms with Crippen molar-refractivity contribution in [2.45, 2.75) is 58.1 Å². The van der Waals surface area contributed by atoms with Crippen molar-refractivity contribution >= 4 is 11.8 Å². The highest BCUT2D eigenvalue weighted by Crippen LogP contribution is 2.25. The van der Waals surface area contributed by atoms with Crippen molar-refractivity contribution in [1.82, 2.24) is 0 Å². The van der Waals surface area contributed by atoms with Crippen molar-refractivity contribution in [3.05, 3.63) is 29.8 Å². The predicted molar refractivity (Wildman–Crippen MR) is 77.3 cm³/mol. The molecule has 0 unspecified atom stereocenters. The molecule has 1 heteroatoms. The Balaban J connectivity index is 0.000000385. The summed E-state index contributed by atoms with van der Waals surface area (Å²) >= 11 is 1.93. The lowest BCUT2D eigenvalue weighted by atomic mass is 10.2. The summed E-state index contributed by atoms with van der Waals surface area (Å²) in [6.07, 6.45) is 1.31. The molecule has 0 saturated heterocycles. The van der Waals surface area contributed by atoms with Crippen LogP contribution >= 0.6 is 11.8 Å². The van der Waals surface area contributed by atoms with E-state index in [1.165, 1.54) is 16.9 Å². The summed E-state index contributed by atoms with van der Waals surface area (Å²) in [6, 6.07) is 8.52. The minimum absolute atomic E-state index is 0.677. The van der Waals surface area contributed by atoms with E-state index in [-0.39, 0.29) is 0 Å². The number of thioether (sulfide) groups is 1. The second-order valence-electron chi connectivity index (χ2n) is 4.73. The largest absolute Gasteiger partial charge is 0.123 e. The number of benzene rings is 1. The van der Waals surface area contributed by atoms with E-state index in [1.807, 2.05) is 11.8 Å². The van der Waals surface area contributed by atoms with Crippen molar-refractivity contribution < 1.29 is 0 Å². The number of aryl methyl sites for hydroxylation is 1. The van der Waals surface area contributed by atoms with Crippen LogP contribution in [0.2, 0.25) is 0 Å². The van der Waals surface area contributed by atoms with Gasteiger partial charge in [-0.2, -0.15) is 0 Å². The normalized spacial score (nSPS) is 10.2. The van der Waals surface area contributed by atoms with Crippen LogP contribution in [0.4, 0.5) is 0 Å². The van der Waals surface area contributed by atoms with Gasteiger partial charge < -0.3 is 0 Å². The van der Waals surface area contributed by atoms with Gasteiger partial charge in [0.1, 0.15) is 0 Å². The Morgan fingerprint density at radius 1 is 1.06 bits per heavy atom. The van der Waals surface area contributed by atoms with Gasteiger partial charge in [-0.1, -0.05) is 59.2 Å². The highest BCUT2D eigenvalue weighted by atomic mass is 32.2. The average Bonchev–Trinajstić information content (AvgIpc) is 2.22. The molecule has 0 saturated carbocycles. The van der Waals surface area contributed by atoms with E-state index in [4.69, 9.17) is 0 Å². The number of rotatable bonds is 3. The molecular weight excluding hydrogens is 212 g/mol. The first-order chi connectivity index (χ1) is 7.47. The fourth-order valence-electron chi connectivity index (χ4n) is 0.943. The van der Waals surface area contributed by atoms with Crippen molar-refractivity contribution in [3.8, 4) is 0 Å². The fourth-order valence-corrected chi connectivity index (χ4v) is 1.86. The molecule has 16 heavy (non-hydrogen) atoms. The molecule has 0 N–H and O–H groups in total. The molecule has 0 bridgehead atoms. The Hall–Kier alpha value is -0.430. The second kappa shape index (κ2) is 8.69. The third kappa shape index (κ3) is 7.81. The quantitative estimate of drug-likeness (QED) is 0.622. The summed E-state index contributed by atoms with van der Waals surface area (Å²) in [5.74, 6) is 0.884. The van der Waals surface area contributed by atoms with Crippen LogP contribution < -0.4 is 0 Å². The van der Waals surface area contributed by atoms with Crippen LogP contribution in [0.25, 0.3) is 0 Å². The molecule has 0 atom stereocenters. The van der Waals surface area contributed by atoms with E-state index < -0.39 is 0 Å². The molecule has 1 rings (SSSR count). The third-order valence-electron chi connectivity index (χ3n) is 2.27. The molecule has 0 aliphatic carbocycles. The summed E-state index contributed by atoms with van der Waals surface area (Å²) in [6.45, 7) is 13.2. The fraction of sp³-hybridized carbons (Fsp3) is 0.600. The zero-order chi connectivity index (χ0) is 12.6. The van der Waals surface area contributed by atoms with Crippen LogP contribution in [0.1, 0.15) is 46.6 Å². The molecule has 0 fully saturated rings. The lowest BCUT2D eigenvalue weighted by molar-refractivity contribution is 0.626. The molecule has 0 radical (unpaired) electrons. The van der Waals surface area contributed by atoms with Crippen LogP contribution in [-0.4, -0.2) is 5.25 Å². The SMILES string of the molecule is CCC(C)C.Cc1ccccc1SC(C)C. The second-order valence-corrected chi connectivity index (χ2v) is 6.35. The lowest BCUT2D eigenvalue weighted by Crippen LogP contribution is -1.87. The van der Waals surface area contributed by atoms with Crippen molar-refractivity contribution in [2.75, 3.05) is 0 Å². The van der Waals surface area contributed by atoms with Gasteiger partial charge in [0.25, 0.3) is 0 Å². The van der Waals surface area contributed by atoms with Crippen LogP contribution in [0.5, 0.6) is 0 Å². The first kappa shape index (κ1) is 15.6. The van der Waals surface area contributed by atoms with Crippen LogP contribution in [0, 0.1) is 12.8 Å². The third-order valence-corrected chi connectivity index (χ3v) is 3.46. The van der Waals surface area contributed by atoms with Gasteiger partial charge in [-0.15, -0.1) is 11.8 Å². The number of hydrogen-bond donors (Lipinski definition) is 0. The molecular formula is C15H26S. The average molecular weight is 238 g/mol. The summed E-state index contributed by atoms with van der Waals surface area (Å²) < 4.78 is 0. The molecule has 0 aliphatic heterocycles. The summed E-state index contributed by atoms with van der Waals surface area (Å²) in [5, 5.41) is 0.677. The molecule has 0 aromatic heterocycles. The Kier molecular flexibility index (Phi) is 8.46. The smallest absolute Gasteiger partial charge is 0.0104 e. The van der Waals surface area contributed by atoms with E-state index in [9.17, 15) is 0 Å². The minimum atomic E-state index is 0.677. The summed E-state index contributed by atoms with van der Waals surface area (Å²) in [4.78, 5) is 1.41. The Labute approximate surface area is 106 Å². The van der Waals surface area contributed by atoms with E-state index in [2.05, 4.69) is 65.8 Å². The maximum Gasteiger partial charge on any atom is 0.0104 e. The highest BCUT2D eigenvalue weighted by Gasteiger charge is 1.99. The zero-order valence-corrected chi connectivity index (χ0v) is 12.4. The summed E-state index contributed by atoms with van der Waals surface area (Å²) in [5.41, 5.74) is 1.38. The maximum atomic E-state index is 2.22. The van der Waals surface area contributed by atoms with Crippen LogP contribution in [-0.2, 0) is 0 Å². The molecule has 92 valence electrons. The maximum absolute atomic E-state index is 2.22. The molecule has 0 heterocycles. The van der Waals surface area contributed by atoms with Crippen molar-refractivity contribution in [3.63, 3.8) is 0 Å². The molecule has 0 spiro atoms. The standard InChI is InChI=1S/C10H14S.C5H12/c1-8(2)11-10-7-5-4-6-9(10)3;1-4-5(2)3/h4-8H,1-3H3;5H,4H2,1-3H3. The van der Waals surface area contributed by atoms with Gasteiger partial charge in [-0.05, 0) is 24.5 Å². The van der Waals surface area contributed by atoms with E-state index in [0.29, 0.717) is 5.25 Å². The van der Waals surface area contributed by atoms with E-state index in [1.54, 1.807) is 0 Å². The first-order valence-corrected chi connectivity index (χ1v) is 7.07. The van der Waals surface area contributed by atoms with Gasteiger partial charge in [0.2, 0.25) is 0 Å². The monoisotopic (exact) mass is 238 g/mol. The van der Waals surface area contributed by atoms with Gasteiger partial charge in [-0.25, -0.2) is 0 Å². The van der Waals surface area contributed by atoms with Gasteiger partial charge in [0.15, 0.2) is 0 Å². The molecule has 0 amide bonds. The minimum Gasteiger partial charge on any atom is -0.123 e. The lowest BCUT2D eigenvalue weighted by Gasteiger charge is -2.06. The topological polar surface area (TPSA) is 0 Å².